The van der Waals surface area contributed by atoms with Crippen molar-refractivity contribution in [2.24, 2.45) is 5.92 Å². The molecule has 1 fully saturated rings. The number of nitrogens with zero attached hydrogens (tertiary/aromatic N) is 2. The molecule has 0 saturated carbocycles. The first-order valence-corrected chi connectivity index (χ1v) is 6.85. The van der Waals surface area contributed by atoms with E-state index in [0.717, 1.165) is 18.2 Å². The molecule has 18 heavy (non-hydrogen) atoms. The summed E-state index contributed by atoms with van der Waals surface area (Å²) in [5, 5.41) is 0. The number of nitrogen functional groups attached to an aromatic ring is 1. The summed E-state index contributed by atoms with van der Waals surface area (Å²) >= 11 is 0. The van der Waals surface area contributed by atoms with Crippen molar-refractivity contribution >= 4 is 5.69 Å². The Morgan fingerprint density at radius 1 is 1.44 bits per heavy atom. The van der Waals surface area contributed by atoms with Crippen LogP contribution in [0.1, 0.15) is 18.4 Å². The first kappa shape index (κ1) is 13.4. The van der Waals surface area contributed by atoms with E-state index in [9.17, 15) is 0 Å². The van der Waals surface area contributed by atoms with Crippen LogP contribution in [0.15, 0.2) is 24.3 Å². The summed E-state index contributed by atoms with van der Waals surface area (Å²) in [6, 6.07) is 8.19. The monoisotopic (exact) mass is 247 g/mol. The summed E-state index contributed by atoms with van der Waals surface area (Å²) in [5.74, 6) is 0.887. The van der Waals surface area contributed by atoms with Crippen molar-refractivity contribution in [3.63, 3.8) is 0 Å². The van der Waals surface area contributed by atoms with Crippen molar-refractivity contribution < 1.29 is 0 Å². The van der Waals surface area contributed by atoms with E-state index >= 15 is 0 Å². The molecule has 0 bridgehead atoms. The van der Waals surface area contributed by atoms with Gasteiger partial charge in [-0.25, -0.2) is 0 Å². The van der Waals surface area contributed by atoms with Crippen LogP contribution in [0.4, 0.5) is 5.69 Å². The lowest BCUT2D eigenvalue weighted by molar-refractivity contribution is 0.290. The molecule has 3 nitrogen and oxygen atoms in total. The van der Waals surface area contributed by atoms with Crippen molar-refractivity contribution in [2.75, 3.05) is 39.5 Å². The van der Waals surface area contributed by atoms with Gasteiger partial charge in [0.15, 0.2) is 0 Å². The normalized spacial score (nSPS) is 20.7. The molecule has 3 heteroatoms. The fraction of sp³-hybridized carbons (Fsp3) is 0.600. The quantitative estimate of drug-likeness (QED) is 0.808. The summed E-state index contributed by atoms with van der Waals surface area (Å²) in [7, 11) is 4.41. The molecule has 100 valence electrons. The lowest BCUT2D eigenvalue weighted by Gasteiger charge is -2.19. The number of anilines is 1. The van der Waals surface area contributed by atoms with Gasteiger partial charge in [0.25, 0.3) is 0 Å². The molecule has 1 heterocycles. The van der Waals surface area contributed by atoms with Crippen LogP contribution in [-0.4, -0.2) is 43.5 Å². The molecule has 1 aliphatic rings. The molecule has 1 atom stereocenters. The molecule has 0 aliphatic carbocycles. The molecule has 0 spiro atoms. The van der Waals surface area contributed by atoms with Gasteiger partial charge in [-0.05, 0) is 63.6 Å². The first-order valence-electron chi connectivity index (χ1n) is 6.85. The van der Waals surface area contributed by atoms with Crippen LogP contribution in [0, 0.1) is 5.92 Å². The predicted molar refractivity (Wildman–Crippen MR) is 77.4 cm³/mol. The van der Waals surface area contributed by atoms with Crippen LogP contribution >= 0.6 is 0 Å². The lowest BCUT2D eigenvalue weighted by atomic mass is 10.0. The molecule has 1 unspecified atom stereocenters. The molecular formula is C15H25N3. The van der Waals surface area contributed by atoms with E-state index in [4.69, 9.17) is 5.73 Å². The molecule has 0 amide bonds. The predicted octanol–water partition coefficient (Wildman–Crippen LogP) is 2.04. The Balaban J connectivity index is 1.73. The van der Waals surface area contributed by atoms with Crippen LogP contribution in [-0.2, 0) is 6.54 Å². The SMILES string of the molecule is CN(CCC1CCN(C)C1)Cc1cccc(N)c1. The van der Waals surface area contributed by atoms with Crippen molar-refractivity contribution in [2.45, 2.75) is 19.4 Å². The van der Waals surface area contributed by atoms with Crippen LogP contribution < -0.4 is 5.73 Å². The van der Waals surface area contributed by atoms with Gasteiger partial charge in [-0.3, -0.25) is 0 Å². The number of rotatable bonds is 5. The number of hydrogen-bond donors (Lipinski definition) is 1. The molecular weight excluding hydrogens is 222 g/mol. The van der Waals surface area contributed by atoms with Crippen LogP contribution in [0.2, 0.25) is 0 Å². The summed E-state index contributed by atoms with van der Waals surface area (Å²) in [6.45, 7) is 4.70. The second-order valence-corrected chi connectivity index (χ2v) is 5.69. The Morgan fingerprint density at radius 2 is 2.28 bits per heavy atom. The van der Waals surface area contributed by atoms with Gasteiger partial charge < -0.3 is 15.5 Å². The van der Waals surface area contributed by atoms with Gasteiger partial charge in [0.05, 0.1) is 0 Å². The zero-order valence-corrected chi connectivity index (χ0v) is 11.6. The van der Waals surface area contributed by atoms with E-state index in [-0.39, 0.29) is 0 Å². The minimum atomic E-state index is 0.860. The van der Waals surface area contributed by atoms with E-state index in [1.165, 1.54) is 38.0 Å². The second kappa shape index (κ2) is 6.21. The highest BCUT2D eigenvalue weighted by molar-refractivity contribution is 5.40. The van der Waals surface area contributed by atoms with E-state index in [2.05, 4.69) is 36.0 Å². The zero-order chi connectivity index (χ0) is 13.0. The number of nitrogens with two attached hydrogens (primary N) is 1. The highest BCUT2D eigenvalue weighted by Gasteiger charge is 2.19. The third kappa shape index (κ3) is 4.00. The van der Waals surface area contributed by atoms with Gasteiger partial charge in [-0.15, -0.1) is 0 Å². The van der Waals surface area contributed by atoms with Crippen LogP contribution in [0.25, 0.3) is 0 Å². The fourth-order valence-electron chi connectivity index (χ4n) is 2.75. The Hall–Kier alpha value is -1.06. The molecule has 1 aromatic carbocycles. The zero-order valence-electron chi connectivity index (χ0n) is 11.6. The molecule has 0 aromatic heterocycles. The summed E-state index contributed by atoms with van der Waals surface area (Å²) in [6.07, 6.45) is 2.67. The summed E-state index contributed by atoms with van der Waals surface area (Å²) in [5.41, 5.74) is 7.97. The smallest absolute Gasteiger partial charge is 0.0317 e. The van der Waals surface area contributed by atoms with Crippen molar-refractivity contribution in [1.82, 2.24) is 9.80 Å². The number of hydrogen-bond acceptors (Lipinski definition) is 3. The third-order valence-corrected chi connectivity index (χ3v) is 3.81. The van der Waals surface area contributed by atoms with Crippen molar-refractivity contribution in [3.8, 4) is 0 Å². The van der Waals surface area contributed by atoms with Crippen LogP contribution in [0.5, 0.6) is 0 Å². The Bertz CT molecular complexity index is 378. The lowest BCUT2D eigenvalue weighted by Crippen LogP contribution is -2.22. The van der Waals surface area contributed by atoms with Crippen molar-refractivity contribution in [3.05, 3.63) is 29.8 Å². The van der Waals surface area contributed by atoms with Gasteiger partial charge in [-0.1, -0.05) is 12.1 Å². The molecule has 2 N–H and O–H groups in total. The average Bonchev–Trinajstić information content (AvgIpc) is 2.73. The molecule has 1 aromatic rings. The maximum absolute atomic E-state index is 5.80. The average molecular weight is 247 g/mol. The molecule has 0 radical (unpaired) electrons. The summed E-state index contributed by atoms with van der Waals surface area (Å²) in [4.78, 5) is 4.83. The first-order chi connectivity index (χ1) is 8.63. The summed E-state index contributed by atoms with van der Waals surface area (Å²) < 4.78 is 0. The van der Waals surface area contributed by atoms with Gasteiger partial charge in [0.1, 0.15) is 0 Å². The van der Waals surface area contributed by atoms with Gasteiger partial charge in [0, 0.05) is 18.8 Å². The standard InChI is InChI=1S/C15H25N3/c1-17-8-6-13(11-17)7-9-18(2)12-14-4-3-5-15(16)10-14/h3-5,10,13H,6-9,11-12,16H2,1-2H3. The largest absolute Gasteiger partial charge is 0.399 e. The maximum atomic E-state index is 5.80. The second-order valence-electron chi connectivity index (χ2n) is 5.69. The maximum Gasteiger partial charge on any atom is 0.0317 e. The highest BCUT2D eigenvalue weighted by Crippen LogP contribution is 2.18. The van der Waals surface area contributed by atoms with E-state index in [0.29, 0.717) is 0 Å². The third-order valence-electron chi connectivity index (χ3n) is 3.81. The number of benzene rings is 1. The van der Waals surface area contributed by atoms with Crippen molar-refractivity contribution in [1.29, 1.82) is 0 Å². The number of likely N-dealkylation sites (tertiary alicyclic amines) is 1. The Morgan fingerprint density at radius 3 is 2.94 bits per heavy atom. The van der Waals surface area contributed by atoms with Gasteiger partial charge >= 0.3 is 0 Å². The van der Waals surface area contributed by atoms with E-state index in [1.54, 1.807) is 0 Å². The van der Waals surface area contributed by atoms with Gasteiger partial charge in [0.2, 0.25) is 0 Å². The molecule has 1 saturated heterocycles. The fourth-order valence-corrected chi connectivity index (χ4v) is 2.75. The Labute approximate surface area is 111 Å². The Kier molecular flexibility index (Phi) is 4.61. The topological polar surface area (TPSA) is 32.5 Å². The molecule has 1 aliphatic heterocycles. The van der Waals surface area contributed by atoms with Crippen LogP contribution in [0.3, 0.4) is 0 Å². The van der Waals surface area contributed by atoms with E-state index in [1.807, 2.05) is 12.1 Å². The minimum Gasteiger partial charge on any atom is -0.399 e. The van der Waals surface area contributed by atoms with E-state index < -0.39 is 0 Å². The minimum absolute atomic E-state index is 0.860. The highest BCUT2D eigenvalue weighted by atomic mass is 15.1. The van der Waals surface area contributed by atoms with Gasteiger partial charge in [-0.2, -0.15) is 0 Å². The molecule has 2 rings (SSSR count).